The van der Waals surface area contributed by atoms with Crippen LogP contribution >= 0.6 is 0 Å². The van der Waals surface area contributed by atoms with Crippen molar-refractivity contribution in [1.82, 2.24) is 0 Å². The number of hydrogen-bond donors (Lipinski definition) is 0. The van der Waals surface area contributed by atoms with Crippen LogP contribution in [-0.4, -0.2) is 32.4 Å². The maximum absolute atomic E-state index is 10.9. The van der Waals surface area contributed by atoms with Gasteiger partial charge in [0.05, 0.1) is 18.3 Å². The van der Waals surface area contributed by atoms with Gasteiger partial charge in [0.2, 0.25) is 0 Å². The first-order valence-electron chi connectivity index (χ1n) is 6.23. The number of ether oxygens (including phenoxy) is 3. The third-order valence-corrected chi connectivity index (χ3v) is 3.01. The fourth-order valence-electron chi connectivity index (χ4n) is 1.84. The van der Waals surface area contributed by atoms with Crippen LogP contribution in [0.2, 0.25) is 0 Å². The molecule has 0 N–H and O–H groups in total. The molecule has 1 aromatic rings. The van der Waals surface area contributed by atoms with E-state index in [-0.39, 0.29) is 6.10 Å². The second-order valence-electron chi connectivity index (χ2n) is 4.26. The lowest BCUT2D eigenvalue weighted by Gasteiger charge is -2.23. The summed E-state index contributed by atoms with van der Waals surface area (Å²) in [5, 5.41) is 0. The molecule has 0 spiro atoms. The zero-order valence-corrected chi connectivity index (χ0v) is 10.6. The van der Waals surface area contributed by atoms with E-state index in [1.54, 1.807) is 6.07 Å². The summed E-state index contributed by atoms with van der Waals surface area (Å²) in [6.07, 6.45) is 2.61. The first-order valence-corrected chi connectivity index (χ1v) is 6.23. The Hall–Kier alpha value is -1.39. The van der Waals surface area contributed by atoms with E-state index < -0.39 is 0 Å². The molecule has 1 aromatic carbocycles. The van der Waals surface area contributed by atoms with Crippen LogP contribution in [-0.2, 0) is 15.9 Å². The van der Waals surface area contributed by atoms with Gasteiger partial charge >= 0.3 is 0 Å². The molecule has 1 heterocycles. The van der Waals surface area contributed by atoms with Crippen LogP contribution in [0.4, 0.5) is 0 Å². The second kappa shape index (κ2) is 6.52. The normalized spacial score (nSPS) is 19.5. The summed E-state index contributed by atoms with van der Waals surface area (Å²) in [6.45, 7) is 3.55. The van der Waals surface area contributed by atoms with Crippen LogP contribution < -0.4 is 4.74 Å². The number of carbonyl (C=O) groups excluding carboxylic acids is 1. The van der Waals surface area contributed by atoms with Gasteiger partial charge in [-0.15, -0.1) is 0 Å². The van der Waals surface area contributed by atoms with Crippen LogP contribution in [0.5, 0.6) is 5.75 Å². The molecule has 1 aliphatic heterocycles. The Morgan fingerprint density at radius 1 is 1.50 bits per heavy atom. The van der Waals surface area contributed by atoms with Crippen molar-refractivity contribution in [3.05, 3.63) is 29.3 Å². The SMILES string of the molecule is CCc1ccc(C=O)c(OCC2CCOCO2)c1. The highest BCUT2D eigenvalue weighted by atomic mass is 16.7. The van der Waals surface area contributed by atoms with Gasteiger partial charge in [-0.25, -0.2) is 0 Å². The van der Waals surface area contributed by atoms with Crippen molar-refractivity contribution in [2.75, 3.05) is 20.0 Å². The summed E-state index contributed by atoms with van der Waals surface area (Å²) in [5.41, 5.74) is 1.74. The lowest BCUT2D eigenvalue weighted by Crippen LogP contribution is -2.29. The fourth-order valence-corrected chi connectivity index (χ4v) is 1.84. The maximum Gasteiger partial charge on any atom is 0.153 e. The van der Waals surface area contributed by atoms with E-state index in [4.69, 9.17) is 14.2 Å². The molecule has 98 valence electrons. The average Bonchev–Trinajstić information content (AvgIpc) is 2.45. The van der Waals surface area contributed by atoms with Crippen LogP contribution in [0, 0.1) is 0 Å². The van der Waals surface area contributed by atoms with Gasteiger partial charge in [0.1, 0.15) is 19.1 Å². The minimum Gasteiger partial charge on any atom is -0.490 e. The molecular formula is C14H18O4. The quantitative estimate of drug-likeness (QED) is 0.751. The van der Waals surface area contributed by atoms with Crippen molar-refractivity contribution in [2.24, 2.45) is 0 Å². The highest BCUT2D eigenvalue weighted by Gasteiger charge is 2.15. The Balaban J connectivity index is 2.00. The van der Waals surface area contributed by atoms with E-state index in [0.717, 1.165) is 24.7 Å². The van der Waals surface area contributed by atoms with Crippen LogP contribution in [0.15, 0.2) is 18.2 Å². The van der Waals surface area contributed by atoms with E-state index in [2.05, 4.69) is 6.92 Å². The Morgan fingerprint density at radius 3 is 3.06 bits per heavy atom. The van der Waals surface area contributed by atoms with E-state index in [1.807, 2.05) is 12.1 Å². The second-order valence-corrected chi connectivity index (χ2v) is 4.26. The summed E-state index contributed by atoms with van der Waals surface area (Å²) < 4.78 is 16.2. The monoisotopic (exact) mass is 250 g/mol. The molecule has 0 saturated carbocycles. The third kappa shape index (κ3) is 3.31. The molecular weight excluding hydrogens is 232 g/mol. The molecule has 0 amide bonds. The van der Waals surface area contributed by atoms with Crippen LogP contribution in [0.3, 0.4) is 0 Å². The minimum absolute atomic E-state index is 0.0449. The molecule has 2 rings (SSSR count). The molecule has 4 heteroatoms. The third-order valence-electron chi connectivity index (χ3n) is 3.01. The van der Waals surface area contributed by atoms with E-state index in [9.17, 15) is 4.79 Å². The Kier molecular flexibility index (Phi) is 4.73. The molecule has 1 aliphatic rings. The van der Waals surface area contributed by atoms with Gasteiger partial charge in [0.25, 0.3) is 0 Å². The minimum atomic E-state index is 0.0449. The van der Waals surface area contributed by atoms with Gasteiger partial charge in [-0.3, -0.25) is 4.79 Å². The number of hydrogen-bond acceptors (Lipinski definition) is 4. The van der Waals surface area contributed by atoms with Crippen molar-refractivity contribution in [3.8, 4) is 5.75 Å². The molecule has 1 fully saturated rings. The van der Waals surface area contributed by atoms with Gasteiger partial charge in [-0.05, 0) is 24.1 Å². The number of benzene rings is 1. The molecule has 0 radical (unpaired) electrons. The van der Waals surface area contributed by atoms with Crippen molar-refractivity contribution in [2.45, 2.75) is 25.9 Å². The Labute approximate surface area is 107 Å². The van der Waals surface area contributed by atoms with Gasteiger partial charge < -0.3 is 14.2 Å². The van der Waals surface area contributed by atoms with Crippen LogP contribution in [0.1, 0.15) is 29.3 Å². The first kappa shape index (κ1) is 13.1. The standard InChI is InChI=1S/C14H18O4/c1-2-11-3-4-12(8-15)14(7-11)17-9-13-5-6-16-10-18-13/h3-4,7-8,13H,2,5-6,9-10H2,1H3. The van der Waals surface area contributed by atoms with Gasteiger partial charge in [-0.1, -0.05) is 13.0 Å². The van der Waals surface area contributed by atoms with E-state index in [1.165, 1.54) is 0 Å². The first-order chi connectivity index (χ1) is 8.83. The van der Waals surface area contributed by atoms with E-state index in [0.29, 0.717) is 31.3 Å². The highest BCUT2D eigenvalue weighted by molar-refractivity contribution is 5.79. The maximum atomic E-state index is 10.9. The summed E-state index contributed by atoms with van der Waals surface area (Å²) in [6, 6.07) is 5.66. The summed E-state index contributed by atoms with van der Waals surface area (Å²) in [7, 11) is 0. The van der Waals surface area contributed by atoms with Gasteiger partial charge in [0.15, 0.2) is 6.29 Å². The largest absolute Gasteiger partial charge is 0.490 e. The Morgan fingerprint density at radius 2 is 2.39 bits per heavy atom. The lowest BCUT2D eigenvalue weighted by atomic mass is 10.1. The lowest BCUT2D eigenvalue weighted by molar-refractivity contribution is -0.147. The molecule has 1 unspecified atom stereocenters. The Bertz CT molecular complexity index is 397. The number of rotatable bonds is 5. The van der Waals surface area contributed by atoms with Crippen molar-refractivity contribution < 1.29 is 19.0 Å². The summed E-state index contributed by atoms with van der Waals surface area (Å²) >= 11 is 0. The smallest absolute Gasteiger partial charge is 0.153 e. The topological polar surface area (TPSA) is 44.8 Å². The van der Waals surface area contributed by atoms with Gasteiger partial charge in [-0.2, -0.15) is 0 Å². The average molecular weight is 250 g/mol. The predicted molar refractivity (Wildman–Crippen MR) is 67.0 cm³/mol. The molecule has 0 aromatic heterocycles. The number of carbonyl (C=O) groups is 1. The molecule has 1 saturated heterocycles. The zero-order chi connectivity index (χ0) is 12.8. The number of aldehydes is 1. The van der Waals surface area contributed by atoms with E-state index >= 15 is 0 Å². The van der Waals surface area contributed by atoms with Gasteiger partial charge in [0, 0.05) is 6.42 Å². The zero-order valence-electron chi connectivity index (χ0n) is 10.6. The summed E-state index contributed by atoms with van der Waals surface area (Å²) in [4.78, 5) is 10.9. The summed E-state index contributed by atoms with van der Waals surface area (Å²) in [5.74, 6) is 0.638. The number of aryl methyl sites for hydroxylation is 1. The van der Waals surface area contributed by atoms with Crippen LogP contribution in [0.25, 0.3) is 0 Å². The molecule has 18 heavy (non-hydrogen) atoms. The molecule has 0 bridgehead atoms. The predicted octanol–water partition coefficient (Wildman–Crippen LogP) is 2.20. The van der Waals surface area contributed by atoms with Crippen molar-refractivity contribution >= 4 is 6.29 Å². The molecule has 0 aliphatic carbocycles. The van der Waals surface area contributed by atoms with Crippen molar-refractivity contribution in [1.29, 1.82) is 0 Å². The fraction of sp³-hybridized carbons (Fsp3) is 0.500. The highest BCUT2D eigenvalue weighted by Crippen LogP contribution is 2.20. The van der Waals surface area contributed by atoms with Crippen molar-refractivity contribution in [3.63, 3.8) is 0 Å². The molecule has 4 nitrogen and oxygen atoms in total. The molecule has 1 atom stereocenters.